The first-order valence-electron chi connectivity index (χ1n) is 11.9. The van der Waals surface area contributed by atoms with Crippen LogP contribution in [0.25, 0.3) is 11.3 Å². The van der Waals surface area contributed by atoms with Crippen molar-refractivity contribution in [2.24, 2.45) is 0 Å². The Balaban J connectivity index is 1.94. The average molecular weight is 501 g/mol. The third-order valence-corrected chi connectivity index (χ3v) is 7.52. The summed E-state index contributed by atoms with van der Waals surface area (Å²) < 4.78 is 18.1. The van der Waals surface area contributed by atoms with Crippen LogP contribution < -0.4 is 15.2 Å². The molecule has 1 saturated heterocycles. The van der Waals surface area contributed by atoms with E-state index in [-0.39, 0.29) is 29.5 Å². The van der Waals surface area contributed by atoms with Gasteiger partial charge in [0.15, 0.2) is 5.43 Å². The van der Waals surface area contributed by atoms with E-state index in [0.29, 0.717) is 16.8 Å². The zero-order valence-electron chi connectivity index (χ0n) is 21.9. The molecule has 4 rings (SSSR count). The second kappa shape index (κ2) is 9.33. The number of aromatic nitrogens is 1. The first kappa shape index (κ1) is 28.6. The molecule has 14 heteroatoms. The number of hydrogen-bond donors (Lipinski definition) is 1. The quantitative estimate of drug-likeness (QED) is 0.524. The van der Waals surface area contributed by atoms with Crippen molar-refractivity contribution in [3.63, 3.8) is 0 Å². The Kier molecular flexibility index (Phi) is 7.01. The molecule has 184 valence electrons. The van der Waals surface area contributed by atoms with E-state index in [2.05, 4.69) is 5.01 Å². The van der Waals surface area contributed by atoms with Crippen LogP contribution in [0.3, 0.4) is 0 Å². The summed E-state index contributed by atoms with van der Waals surface area (Å²) in [4.78, 5) is 24.5. The Hall–Kier alpha value is -2.45. The molecule has 1 aromatic heterocycles. The van der Waals surface area contributed by atoms with Crippen molar-refractivity contribution >= 4 is 53.0 Å². The van der Waals surface area contributed by atoms with Crippen molar-refractivity contribution in [3.05, 3.63) is 51.3 Å². The van der Waals surface area contributed by atoms with Crippen molar-refractivity contribution < 1.29 is 24.1 Å². The van der Waals surface area contributed by atoms with Crippen LogP contribution in [0.5, 0.6) is 5.75 Å². The number of fused-ring (bicyclic) bond motifs is 6. The minimum absolute atomic E-state index is 0.0683. The molecular weight excluding hydrogens is 477 g/mol. The molecule has 8 nitrogen and oxygen atoms in total. The second-order valence-electron chi connectivity index (χ2n) is 10.5. The van der Waals surface area contributed by atoms with Crippen molar-refractivity contribution in [2.45, 2.75) is 60.9 Å². The molecule has 0 spiro atoms. The van der Waals surface area contributed by atoms with Crippen LogP contribution in [0.4, 0.5) is 0 Å². The van der Waals surface area contributed by atoms with Gasteiger partial charge >= 0.3 is 5.97 Å². The van der Waals surface area contributed by atoms with E-state index in [9.17, 15) is 14.7 Å². The molecule has 12 radical (unpaired) electrons. The maximum Gasteiger partial charge on any atom is 0.341 e. The van der Waals surface area contributed by atoms with E-state index in [0.717, 1.165) is 18.4 Å². The van der Waals surface area contributed by atoms with E-state index in [1.54, 1.807) is 16.8 Å². The highest BCUT2D eigenvalue weighted by Gasteiger charge is 2.48. The van der Waals surface area contributed by atoms with Gasteiger partial charge in [-0.2, -0.15) is 0 Å². The molecule has 1 fully saturated rings. The minimum atomic E-state index is -2.31. The molecule has 0 bridgehead atoms. The molecule has 1 N–H and O–H groups in total. The number of hydrogen-bond acceptors (Lipinski definition) is 6. The van der Waals surface area contributed by atoms with Crippen LogP contribution in [-0.2, 0) is 16.1 Å². The average Bonchev–Trinajstić information content (AvgIpc) is 3.14. The van der Waals surface area contributed by atoms with Gasteiger partial charge in [0.25, 0.3) is 0 Å². The van der Waals surface area contributed by atoms with Gasteiger partial charge < -0.3 is 19.3 Å². The van der Waals surface area contributed by atoms with Gasteiger partial charge in [-0.3, -0.25) is 14.5 Å². The van der Waals surface area contributed by atoms with Gasteiger partial charge in [-0.25, -0.2) is 4.79 Å². The van der Waals surface area contributed by atoms with Crippen molar-refractivity contribution in [1.29, 1.82) is 0 Å². The van der Waals surface area contributed by atoms with Crippen LogP contribution >= 0.6 is 0 Å². The van der Waals surface area contributed by atoms with E-state index < -0.39 is 27.4 Å². The highest BCUT2D eigenvalue weighted by atomic mass is 16.5. The lowest BCUT2D eigenvalue weighted by Gasteiger charge is -2.54. The topological polar surface area (TPSA) is 90.2 Å². The van der Waals surface area contributed by atoms with Gasteiger partial charge in [-0.1, -0.05) is 5.21 Å². The maximum absolute atomic E-state index is 12.7. The van der Waals surface area contributed by atoms with Gasteiger partial charge in [-0.05, 0) is 49.8 Å². The summed E-state index contributed by atoms with van der Waals surface area (Å²) in [7, 11) is 39.2. The number of benzene rings is 1. The standard InChI is InChI=1S/C24H24B6N2O6/c1-21(2)6-5-16-14-8-19(38-24(29,30)22(25,26)23(27,28)37-4)12(11-36-3)7-13(14)17-9-18(33)15(20(34)35)10-31(17)32(16)21/h7-10,16H,5-6,11H2,1-4H3,(H,34,35)/t16-/m1/s1. The van der Waals surface area contributed by atoms with E-state index >= 15 is 0 Å². The summed E-state index contributed by atoms with van der Waals surface area (Å²) in [6.45, 7) is 4.16. The molecule has 2 aliphatic rings. The molecule has 0 amide bonds. The fraction of sp³-hybridized carbons (Fsp3) is 0.500. The largest absolute Gasteiger partial charge is 0.507 e. The lowest BCUT2D eigenvalue weighted by molar-refractivity contribution is 0.0693. The van der Waals surface area contributed by atoms with Crippen LogP contribution in [0, 0.1) is 0 Å². The number of methoxy groups -OCH3 is 2. The predicted molar refractivity (Wildman–Crippen MR) is 148 cm³/mol. The molecule has 38 heavy (non-hydrogen) atoms. The molecule has 3 heterocycles. The molecule has 2 aliphatic heterocycles. The molecule has 0 saturated carbocycles. The smallest absolute Gasteiger partial charge is 0.341 e. The summed E-state index contributed by atoms with van der Waals surface area (Å²) in [5.41, 5.74) is 1.24. The zero-order chi connectivity index (χ0) is 28.4. The Bertz CT molecular complexity index is 1340. The van der Waals surface area contributed by atoms with Gasteiger partial charge in [0.2, 0.25) is 0 Å². The first-order chi connectivity index (χ1) is 17.5. The lowest BCUT2D eigenvalue weighted by atomic mass is 9.24. The molecule has 1 atom stereocenters. The zero-order valence-corrected chi connectivity index (χ0v) is 21.9. The fourth-order valence-electron chi connectivity index (χ4n) is 5.18. The fourth-order valence-corrected chi connectivity index (χ4v) is 5.18. The van der Waals surface area contributed by atoms with Crippen LogP contribution in [0.2, 0.25) is 5.21 Å². The SMILES string of the molecule is [B]C([B])(OC)C([B])([B])C([B])([B])Oc1cc2c(cc1COC)-c1cc(=O)c(C(=O)O)cn1N1[C@@H]2CCC1(C)C. The first-order valence-corrected chi connectivity index (χ1v) is 11.9. The summed E-state index contributed by atoms with van der Waals surface area (Å²) >= 11 is 0. The summed E-state index contributed by atoms with van der Waals surface area (Å²) in [6.07, 6.45) is 2.91. The van der Waals surface area contributed by atoms with E-state index in [1.165, 1.54) is 26.5 Å². The molecule has 0 aliphatic carbocycles. The van der Waals surface area contributed by atoms with Crippen LogP contribution in [-0.4, -0.2) is 93.4 Å². The third-order valence-electron chi connectivity index (χ3n) is 7.52. The summed E-state index contributed by atoms with van der Waals surface area (Å²) in [6, 6.07) is 4.65. The summed E-state index contributed by atoms with van der Waals surface area (Å²) in [5, 5.41) is 4.93. The highest BCUT2D eigenvalue weighted by molar-refractivity contribution is 6.61. The summed E-state index contributed by atoms with van der Waals surface area (Å²) in [5.74, 6) is -1.08. The third kappa shape index (κ3) is 4.34. The van der Waals surface area contributed by atoms with Crippen molar-refractivity contribution in [2.75, 3.05) is 19.2 Å². The number of pyridine rings is 1. The van der Waals surface area contributed by atoms with Crippen molar-refractivity contribution in [1.82, 2.24) is 4.68 Å². The number of ether oxygens (including phenoxy) is 3. The highest BCUT2D eigenvalue weighted by Crippen LogP contribution is 2.50. The molecular formula is C24H24B6N2O6. The molecule has 0 unspecified atom stereocenters. The number of carbonyl (C=O) groups is 1. The van der Waals surface area contributed by atoms with Gasteiger partial charge in [0, 0.05) is 43.0 Å². The number of carboxylic acids is 1. The minimum Gasteiger partial charge on any atom is -0.507 e. The van der Waals surface area contributed by atoms with E-state index in [1.807, 2.05) is 13.8 Å². The number of nitrogens with zero attached hydrogens (tertiary/aromatic N) is 2. The molecule has 2 aromatic rings. The monoisotopic (exact) mass is 502 g/mol. The van der Waals surface area contributed by atoms with Gasteiger partial charge in [-0.15, -0.1) is 0 Å². The Morgan fingerprint density at radius 1 is 1.11 bits per heavy atom. The number of rotatable bonds is 8. The Morgan fingerprint density at radius 2 is 1.76 bits per heavy atom. The van der Waals surface area contributed by atoms with Gasteiger partial charge in [0.1, 0.15) is 27.0 Å². The Labute approximate surface area is 230 Å². The number of aromatic carboxylic acids is 1. The normalized spacial score (nSPS) is 18.4. The number of carboxylic acid groups (broad SMARTS) is 1. The van der Waals surface area contributed by atoms with Crippen LogP contribution in [0.1, 0.15) is 54.2 Å². The Morgan fingerprint density at radius 3 is 2.34 bits per heavy atom. The lowest BCUT2D eigenvalue weighted by Crippen LogP contribution is -2.63. The second-order valence-corrected chi connectivity index (χ2v) is 10.5. The van der Waals surface area contributed by atoms with Gasteiger partial charge in [0.05, 0.1) is 55.3 Å². The molecule has 1 aromatic carbocycles. The predicted octanol–water partition coefficient (Wildman–Crippen LogP) is 0.385. The van der Waals surface area contributed by atoms with E-state index in [4.69, 9.17) is 61.3 Å². The maximum atomic E-state index is 12.7. The van der Waals surface area contributed by atoms with Crippen LogP contribution in [0.15, 0.2) is 29.2 Å². The van der Waals surface area contributed by atoms with Crippen molar-refractivity contribution in [3.8, 4) is 17.0 Å².